The molecule has 0 atom stereocenters. The summed E-state index contributed by atoms with van der Waals surface area (Å²) in [6.45, 7) is 0.777. The fourth-order valence-electron chi connectivity index (χ4n) is 3.66. The van der Waals surface area contributed by atoms with Crippen molar-refractivity contribution in [3.63, 3.8) is 0 Å². The van der Waals surface area contributed by atoms with Gasteiger partial charge < -0.3 is 11.1 Å². The van der Waals surface area contributed by atoms with Crippen molar-refractivity contribution in [2.45, 2.75) is 61.4 Å². The number of aryl methyl sites for hydroxylation is 1. The Morgan fingerprint density at radius 2 is 1.88 bits per heavy atom. The van der Waals surface area contributed by atoms with E-state index in [2.05, 4.69) is 10.4 Å². The van der Waals surface area contributed by atoms with Crippen LogP contribution in [0.1, 0.15) is 44.9 Å². The van der Waals surface area contributed by atoms with E-state index in [0.29, 0.717) is 25.9 Å². The zero-order valence-corrected chi connectivity index (χ0v) is 16.7. The van der Waals surface area contributed by atoms with Crippen LogP contribution < -0.4 is 11.1 Å². The van der Waals surface area contributed by atoms with Crippen molar-refractivity contribution in [2.24, 2.45) is 12.8 Å². The largest absolute Gasteiger partial charge is 0.352 e. The Balaban J connectivity index is 0.00000243. The number of rotatable bonds is 4. The number of amides is 1. The second-order valence-electron chi connectivity index (χ2n) is 7.22. The van der Waals surface area contributed by atoms with E-state index in [1.54, 1.807) is 7.05 Å². The van der Waals surface area contributed by atoms with Gasteiger partial charge in [0.1, 0.15) is 4.90 Å². The summed E-state index contributed by atoms with van der Waals surface area (Å²) >= 11 is 0. The van der Waals surface area contributed by atoms with Crippen molar-refractivity contribution in [3.8, 4) is 0 Å². The van der Waals surface area contributed by atoms with Gasteiger partial charge >= 0.3 is 0 Å². The maximum absolute atomic E-state index is 12.6. The molecule has 8 nitrogen and oxygen atoms in total. The van der Waals surface area contributed by atoms with Crippen LogP contribution in [0.25, 0.3) is 0 Å². The molecule has 1 amide bonds. The van der Waals surface area contributed by atoms with Crippen LogP contribution in [-0.2, 0) is 21.9 Å². The number of carbonyl (C=O) groups is 1. The molecule has 1 aliphatic heterocycles. The number of halogens is 1. The maximum Gasteiger partial charge on any atom is 0.246 e. The van der Waals surface area contributed by atoms with E-state index in [1.807, 2.05) is 0 Å². The molecular weight excluding hydrogens is 378 g/mol. The molecule has 0 bridgehead atoms. The molecule has 3 N–H and O–H groups in total. The molecule has 0 spiro atoms. The number of nitrogens with two attached hydrogens (primary N) is 1. The molecule has 2 heterocycles. The average Bonchev–Trinajstić information content (AvgIpc) is 3.03. The highest BCUT2D eigenvalue weighted by molar-refractivity contribution is 7.89. The number of piperidine rings is 1. The van der Waals surface area contributed by atoms with Crippen molar-refractivity contribution in [3.05, 3.63) is 12.4 Å². The summed E-state index contributed by atoms with van der Waals surface area (Å²) in [6.07, 6.45) is 8.64. The Labute approximate surface area is 160 Å². The molecule has 0 aromatic carbocycles. The molecular formula is C16H28ClN5O3S. The van der Waals surface area contributed by atoms with Gasteiger partial charge in [-0.25, -0.2) is 8.42 Å². The SMILES string of the molecule is Cl.Cn1cc(S(=O)(=O)N2CCC(NC(=O)C3(N)CCCCC3)CC2)cn1. The molecule has 1 saturated carbocycles. The number of carbonyl (C=O) groups excluding carboxylic acids is 1. The minimum atomic E-state index is -3.51. The van der Waals surface area contributed by atoms with Crippen molar-refractivity contribution in [2.75, 3.05) is 13.1 Å². The first-order valence-corrected chi connectivity index (χ1v) is 10.3. The first-order valence-electron chi connectivity index (χ1n) is 8.90. The van der Waals surface area contributed by atoms with E-state index in [9.17, 15) is 13.2 Å². The summed E-state index contributed by atoms with van der Waals surface area (Å²) in [5, 5.41) is 6.97. The highest BCUT2D eigenvalue weighted by Crippen LogP contribution is 2.27. The highest BCUT2D eigenvalue weighted by Gasteiger charge is 2.37. The minimum absolute atomic E-state index is 0. The first kappa shape index (κ1) is 21.1. The van der Waals surface area contributed by atoms with Gasteiger partial charge in [0.25, 0.3) is 0 Å². The van der Waals surface area contributed by atoms with Gasteiger partial charge in [0.15, 0.2) is 0 Å². The number of hydrogen-bond acceptors (Lipinski definition) is 5. The van der Waals surface area contributed by atoms with Crippen molar-refractivity contribution in [1.82, 2.24) is 19.4 Å². The van der Waals surface area contributed by atoms with E-state index >= 15 is 0 Å². The third-order valence-corrected chi connectivity index (χ3v) is 7.16. The number of nitrogens with one attached hydrogen (secondary N) is 1. The Kier molecular flexibility index (Phi) is 6.70. The van der Waals surface area contributed by atoms with Crippen LogP contribution in [0.5, 0.6) is 0 Å². The fraction of sp³-hybridized carbons (Fsp3) is 0.750. The highest BCUT2D eigenvalue weighted by atomic mass is 35.5. The van der Waals surface area contributed by atoms with Crippen LogP contribution in [0.4, 0.5) is 0 Å². The van der Waals surface area contributed by atoms with Crippen LogP contribution in [0.2, 0.25) is 0 Å². The van der Waals surface area contributed by atoms with Crippen LogP contribution in [0, 0.1) is 0 Å². The second kappa shape index (κ2) is 8.24. The monoisotopic (exact) mass is 405 g/mol. The molecule has 148 valence electrons. The molecule has 1 aliphatic carbocycles. The van der Waals surface area contributed by atoms with Crippen molar-refractivity contribution >= 4 is 28.3 Å². The second-order valence-corrected chi connectivity index (χ2v) is 9.16. The van der Waals surface area contributed by atoms with E-state index in [-0.39, 0.29) is 29.3 Å². The van der Waals surface area contributed by atoms with Crippen LogP contribution in [0.15, 0.2) is 17.3 Å². The topological polar surface area (TPSA) is 110 Å². The van der Waals surface area contributed by atoms with Gasteiger partial charge in [-0.2, -0.15) is 9.40 Å². The van der Waals surface area contributed by atoms with Crippen molar-refractivity contribution in [1.29, 1.82) is 0 Å². The molecule has 2 fully saturated rings. The lowest BCUT2D eigenvalue weighted by atomic mass is 9.81. The zero-order chi connectivity index (χ0) is 18.1. The van der Waals surface area contributed by atoms with Gasteiger partial charge in [-0.1, -0.05) is 19.3 Å². The molecule has 1 saturated heterocycles. The molecule has 2 aliphatic rings. The lowest BCUT2D eigenvalue weighted by Crippen LogP contribution is -2.58. The average molecular weight is 406 g/mol. The first-order chi connectivity index (χ1) is 11.8. The van der Waals surface area contributed by atoms with E-state index < -0.39 is 15.6 Å². The molecule has 0 radical (unpaired) electrons. The third kappa shape index (κ3) is 4.39. The lowest BCUT2D eigenvalue weighted by Gasteiger charge is -2.36. The summed E-state index contributed by atoms with van der Waals surface area (Å²) in [6, 6.07) is -0.0183. The van der Waals surface area contributed by atoms with Gasteiger partial charge in [0.05, 0.1) is 11.7 Å². The normalized spacial score (nSPS) is 21.8. The Morgan fingerprint density at radius 1 is 1.27 bits per heavy atom. The van der Waals surface area contributed by atoms with Crippen LogP contribution in [0.3, 0.4) is 0 Å². The summed E-state index contributed by atoms with van der Waals surface area (Å²) in [5.74, 6) is -0.0826. The Morgan fingerprint density at radius 3 is 2.42 bits per heavy atom. The predicted octanol–water partition coefficient (Wildman–Crippen LogP) is 0.773. The van der Waals surface area contributed by atoms with Gasteiger partial charge in [-0.15, -0.1) is 12.4 Å². The van der Waals surface area contributed by atoms with E-state index in [0.717, 1.165) is 32.1 Å². The fourth-order valence-corrected chi connectivity index (χ4v) is 5.12. The Hall–Kier alpha value is -1.16. The smallest absolute Gasteiger partial charge is 0.246 e. The third-order valence-electron chi connectivity index (χ3n) is 5.31. The summed E-state index contributed by atoms with van der Waals surface area (Å²) in [4.78, 5) is 12.7. The number of nitrogens with zero attached hydrogens (tertiary/aromatic N) is 3. The van der Waals surface area contributed by atoms with Crippen LogP contribution >= 0.6 is 12.4 Å². The van der Waals surface area contributed by atoms with Gasteiger partial charge in [-0.3, -0.25) is 9.48 Å². The quantitative estimate of drug-likeness (QED) is 0.768. The predicted molar refractivity (Wildman–Crippen MR) is 100 cm³/mol. The number of aromatic nitrogens is 2. The molecule has 3 rings (SSSR count). The minimum Gasteiger partial charge on any atom is -0.352 e. The van der Waals surface area contributed by atoms with E-state index in [4.69, 9.17) is 5.73 Å². The molecule has 10 heteroatoms. The summed E-state index contributed by atoms with van der Waals surface area (Å²) in [7, 11) is -1.82. The summed E-state index contributed by atoms with van der Waals surface area (Å²) < 4.78 is 28.1. The standard InChI is InChI=1S/C16H27N5O3S.ClH/c1-20-12-14(11-18-20)25(23,24)21-9-5-13(6-10-21)19-15(22)16(17)7-3-2-4-8-16;/h11-13H,2-10,17H2,1H3,(H,19,22);1H. The van der Waals surface area contributed by atoms with Gasteiger partial charge in [0.2, 0.25) is 15.9 Å². The number of hydrogen-bond donors (Lipinski definition) is 2. The van der Waals surface area contributed by atoms with Crippen LogP contribution in [-0.4, -0.2) is 53.1 Å². The van der Waals surface area contributed by atoms with Crippen molar-refractivity contribution < 1.29 is 13.2 Å². The molecule has 1 aromatic heterocycles. The molecule has 1 aromatic rings. The molecule has 26 heavy (non-hydrogen) atoms. The summed E-state index contributed by atoms with van der Waals surface area (Å²) in [5.41, 5.74) is 5.51. The Bertz CT molecular complexity index is 722. The van der Waals surface area contributed by atoms with Gasteiger partial charge in [0, 0.05) is 32.4 Å². The zero-order valence-electron chi connectivity index (χ0n) is 15.1. The van der Waals surface area contributed by atoms with Gasteiger partial charge in [-0.05, 0) is 25.7 Å². The maximum atomic E-state index is 12.6. The molecule has 0 unspecified atom stereocenters. The lowest BCUT2D eigenvalue weighted by molar-refractivity contribution is -0.128. The number of sulfonamides is 1. The van der Waals surface area contributed by atoms with E-state index in [1.165, 1.54) is 21.4 Å².